The molecule has 0 radical (unpaired) electrons. The Labute approximate surface area is 81.6 Å². The molecule has 1 aromatic rings. The number of aromatic nitrogens is 2. The van der Waals surface area contributed by atoms with E-state index in [1.54, 1.807) is 13.1 Å². The van der Waals surface area contributed by atoms with Gasteiger partial charge in [0, 0.05) is 13.1 Å². The molecule has 1 rings (SSSR count). The van der Waals surface area contributed by atoms with Gasteiger partial charge >= 0.3 is 5.97 Å². The molecule has 5 heteroatoms. The van der Waals surface area contributed by atoms with E-state index in [0.717, 1.165) is 0 Å². The lowest BCUT2D eigenvalue weighted by molar-refractivity contribution is -0.131. The third-order valence-corrected chi connectivity index (χ3v) is 1.74. The average Bonchev–Trinajstić information content (AvgIpc) is 2.50. The van der Waals surface area contributed by atoms with Crippen molar-refractivity contribution in [2.45, 2.75) is 13.0 Å². The van der Waals surface area contributed by atoms with Crippen molar-refractivity contribution < 1.29 is 14.6 Å². The Hall–Kier alpha value is -1.62. The van der Waals surface area contributed by atoms with Crippen LogP contribution in [0.3, 0.4) is 0 Å². The van der Waals surface area contributed by atoms with Crippen molar-refractivity contribution in [3.8, 4) is 5.88 Å². The number of ether oxygens (including phenoxy) is 1. The van der Waals surface area contributed by atoms with Crippen LogP contribution in [-0.2, 0) is 11.8 Å². The zero-order valence-electron chi connectivity index (χ0n) is 8.10. The van der Waals surface area contributed by atoms with E-state index in [2.05, 4.69) is 11.7 Å². The van der Waals surface area contributed by atoms with Gasteiger partial charge in [-0.2, -0.15) is 5.10 Å². The maximum atomic E-state index is 11.3. The van der Waals surface area contributed by atoms with E-state index in [1.807, 2.05) is 0 Å². The lowest BCUT2D eigenvalue weighted by Crippen LogP contribution is -2.19. The first-order valence-electron chi connectivity index (χ1n) is 4.09. The van der Waals surface area contributed by atoms with Crippen LogP contribution >= 0.6 is 0 Å². The summed E-state index contributed by atoms with van der Waals surface area (Å²) >= 11 is 0. The van der Waals surface area contributed by atoms with Crippen LogP contribution in [0.5, 0.6) is 5.88 Å². The summed E-state index contributed by atoms with van der Waals surface area (Å²) in [6.07, 6.45) is 0.601. The minimum atomic E-state index is -0.907. The van der Waals surface area contributed by atoms with Gasteiger partial charge in [0.25, 0.3) is 0 Å². The second-order valence-electron chi connectivity index (χ2n) is 2.88. The SMILES string of the molecule is C=C(C(=O)Oc1ccnn1C)C(C)O. The van der Waals surface area contributed by atoms with Gasteiger partial charge in [0.1, 0.15) is 0 Å². The predicted molar refractivity (Wildman–Crippen MR) is 49.7 cm³/mol. The molecule has 0 aromatic carbocycles. The molecule has 0 bridgehead atoms. The summed E-state index contributed by atoms with van der Waals surface area (Å²) in [6, 6.07) is 1.55. The molecule has 0 aliphatic rings. The summed E-state index contributed by atoms with van der Waals surface area (Å²) in [7, 11) is 1.65. The highest BCUT2D eigenvalue weighted by Crippen LogP contribution is 2.10. The van der Waals surface area contributed by atoms with Crippen molar-refractivity contribution in [1.82, 2.24) is 9.78 Å². The molecule has 76 valence electrons. The highest BCUT2D eigenvalue weighted by atomic mass is 16.5. The number of aliphatic hydroxyl groups is 1. The third kappa shape index (κ3) is 2.20. The number of esters is 1. The Kier molecular flexibility index (Phi) is 3.03. The lowest BCUT2D eigenvalue weighted by atomic mass is 10.2. The van der Waals surface area contributed by atoms with Crippen LogP contribution in [0.4, 0.5) is 0 Å². The van der Waals surface area contributed by atoms with Crippen LogP contribution in [0, 0.1) is 0 Å². The molecule has 0 aliphatic carbocycles. The molecule has 0 saturated heterocycles. The van der Waals surface area contributed by atoms with Crippen molar-refractivity contribution in [1.29, 1.82) is 0 Å². The first kappa shape index (κ1) is 10.5. The van der Waals surface area contributed by atoms with Crippen LogP contribution in [0.2, 0.25) is 0 Å². The van der Waals surface area contributed by atoms with Crippen molar-refractivity contribution in [2.24, 2.45) is 7.05 Å². The van der Waals surface area contributed by atoms with Crippen molar-refractivity contribution in [2.75, 3.05) is 0 Å². The molecular formula is C9H12N2O3. The summed E-state index contributed by atoms with van der Waals surface area (Å²) in [5.41, 5.74) is 0.0196. The number of aliphatic hydroxyl groups excluding tert-OH is 1. The fraction of sp³-hybridized carbons (Fsp3) is 0.333. The maximum Gasteiger partial charge on any atom is 0.342 e. The molecule has 0 spiro atoms. The second kappa shape index (κ2) is 4.06. The Morgan fingerprint density at radius 3 is 2.86 bits per heavy atom. The van der Waals surface area contributed by atoms with Crippen LogP contribution in [0.25, 0.3) is 0 Å². The van der Waals surface area contributed by atoms with Crippen molar-refractivity contribution >= 4 is 5.97 Å². The van der Waals surface area contributed by atoms with E-state index >= 15 is 0 Å². The summed E-state index contributed by atoms with van der Waals surface area (Å²) in [4.78, 5) is 11.3. The Bertz CT molecular complexity index is 355. The first-order valence-corrected chi connectivity index (χ1v) is 4.09. The van der Waals surface area contributed by atoms with Crippen molar-refractivity contribution in [3.63, 3.8) is 0 Å². The average molecular weight is 196 g/mol. The summed E-state index contributed by atoms with van der Waals surface area (Å²) < 4.78 is 6.32. The molecule has 0 amide bonds. The summed E-state index contributed by atoms with van der Waals surface area (Å²) in [5, 5.41) is 12.9. The highest BCUT2D eigenvalue weighted by molar-refractivity contribution is 5.90. The zero-order chi connectivity index (χ0) is 10.7. The van der Waals surface area contributed by atoms with E-state index in [9.17, 15) is 4.79 Å². The third-order valence-electron chi connectivity index (χ3n) is 1.74. The molecule has 0 saturated carbocycles. The Morgan fingerprint density at radius 2 is 2.43 bits per heavy atom. The van der Waals surface area contributed by atoms with E-state index in [-0.39, 0.29) is 5.57 Å². The highest BCUT2D eigenvalue weighted by Gasteiger charge is 2.15. The zero-order valence-corrected chi connectivity index (χ0v) is 8.10. The van der Waals surface area contributed by atoms with E-state index < -0.39 is 12.1 Å². The predicted octanol–water partition coefficient (Wildman–Crippen LogP) is 0.262. The summed E-state index contributed by atoms with van der Waals surface area (Å²) in [6.45, 7) is 4.86. The van der Waals surface area contributed by atoms with E-state index in [4.69, 9.17) is 9.84 Å². The quantitative estimate of drug-likeness (QED) is 0.556. The van der Waals surface area contributed by atoms with Gasteiger partial charge in [-0.25, -0.2) is 9.48 Å². The number of hydrogen-bond donors (Lipinski definition) is 1. The molecule has 0 aliphatic heterocycles. The smallest absolute Gasteiger partial charge is 0.342 e. The standard InChI is InChI=1S/C9H12N2O3/c1-6(7(2)12)9(13)14-8-4-5-10-11(8)3/h4-5,7,12H,1H2,2-3H3. The first-order chi connectivity index (χ1) is 6.52. The van der Waals surface area contributed by atoms with Gasteiger partial charge in [-0.1, -0.05) is 6.58 Å². The van der Waals surface area contributed by atoms with E-state index in [1.165, 1.54) is 17.8 Å². The van der Waals surface area contributed by atoms with Crippen molar-refractivity contribution in [3.05, 3.63) is 24.4 Å². The topological polar surface area (TPSA) is 64.3 Å². The molecule has 5 nitrogen and oxygen atoms in total. The normalized spacial score (nSPS) is 12.2. The number of rotatable bonds is 3. The molecular weight excluding hydrogens is 184 g/mol. The van der Waals surface area contributed by atoms with Gasteiger partial charge < -0.3 is 9.84 Å². The van der Waals surface area contributed by atoms with E-state index in [0.29, 0.717) is 5.88 Å². The number of aryl methyl sites for hydroxylation is 1. The van der Waals surface area contributed by atoms with Crippen LogP contribution in [0.15, 0.2) is 24.4 Å². The molecule has 1 N–H and O–H groups in total. The van der Waals surface area contributed by atoms with Gasteiger partial charge in [0.15, 0.2) is 0 Å². The minimum Gasteiger partial charge on any atom is -0.404 e. The van der Waals surface area contributed by atoms with Gasteiger partial charge in [-0.05, 0) is 6.92 Å². The monoisotopic (exact) mass is 196 g/mol. The second-order valence-corrected chi connectivity index (χ2v) is 2.88. The number of carbonyl (C=O) groups excluding carboxylic acids is 1. The number of hydrogen-bond acceptors (Lipinski definition) is 4. The summed E-state index contributed by atoms with van der Waals surface area (Å²) in [5.74, 6) is -0.333. The molecule has 1 heterocycles. The lowest BCUT2D eigenvalue weighted by Gasteiger charge is -2.07. The molecule has 1 unspecified atom stereocenters. The molecule has 1 aromatic heterocycles. The van der Waals surface area contributed by atoms with Gasteiger partial charge in [-0.15, -0.1) is 0 Å². The van der Waals surface area contributed by atoms with Gasteiger partial charge in [0.2, 0.25) is 5.88 Å². The largest absolute Gasteiger partial charge is 0.404 e. The van der Waals surface area contributed by atoms with Crippen LogP contribution < -0.4 is 4.74 Å². The molecule has 0 fully saturated rings. The Morgan fingerprint density at radius 1 is 1.79 bits per heavy atom. The Balaban J connectivity index is 2.67. The number of carbonyl (C=O) groups is 1. The number of nitrogens with zero attached hydrogens (tertiary/aromatic N) is 2. The van der Waals surface area contributed by atoms with Crippen LogP contribution in [0.1, 0.15) is 6.92 Å². The fourth-order valence-corrected chi connectivity index (χ4v) is 0.793. The van der Waals surface area contributed by atoms with Crippen LogP contribution in [-0.4, -0.2) is 27.0 Å². The van der Waals surface area contributed by atoms with Gasteiger partial charge in [-0.3, -0.25) is 0 Å². The minimum absolute atomic E-state index is 0.0196. The molecule has 1 atom stereocenters. The van der Waals surface area contributed by atoms with Gasteiger partial charge in [0.05, 0.1) is 17.9 Å². The molecule has 14 heavy (non-hydrogen) atoms. The maximum absolute atomic E-state index is 11.3. The fourth-order valence-electron chi connectivity index (χ4n) is 0.793.